The maximum Gasteiger partial charge on any atom is 0.184 e. The predicted molar refractivity (Wildman–Crippen MR) is 50.5 cm³/mol. The Kier molecular flexibility index (Phi) is 10.9. The Morgan fingerprint density at radius 2 is 2.00 bits per heavy atom. The van der Waals surface area contributed by atoms with E-state index in [2.05, 4.69) is 26.7 Å². The van der Waals surface area contributed by atoms with Gasteiger partial charge in [0.1, 0.15) is 0 Å². The van der Waals surface area contributed by atoms with E-state index < -0.39 is 0 Å². The topological polar surface area (TPSA) is 26.3 Å². The molecule has 0 saturated carbocycles. The summed E-state index contributed by atoms with van der Waals surface area (Å²) in [7, 11) is 1.50. The van der Waals surface area contributed by atoms with Crippen molar-refractivity contribution < 1.29 is 9.53 Å². The summed E-state index contributed by atoms with van der Waals surface area (Å²) in [5.41, 5.74) is 0. The molecule has 0 aromatic heterocycles. The molecule has 2 heteroatoms. The van der Waals surface area contributed by atoms with Gasteiger partial charge in [-0.1, -0.05) is 13.8 Å². The van der Waals surface area contributed by atoms with Gasteiger partial charge in [0, 0.05) is 0 Å². The first-order chi connectivity index (χ1) is 5.70. The van der Waals surface area contributed by atoms with E-state index in [-0.39, 0.29) is 0 Å². The number of hydrogen-bond acceptors (Lipinski definition) is 2. The maximum absolute atomic E-state index is 10.2. The number of allylic oxidation sites excluding steroid dienone is 2. The van der Waals surface area contributed by atoms with Gasteiger partial charge in [-0.15, -0.1) is 12.8 Å². The van der Waals surface area contributed by atoms with Crippen LogP contribution in [-0.4, -0.2) is 13.4 Å². The number of carbonyl (C=O) groups is 1. The number of methoxy groups -OCH3 is 1. The molecule has 0 atom stereocenters. The van der Waals surface area contributed by atoms with Crippen molar-refractivity contribution in [3.05, 3.63) is 11.8 Å². The van der Waals surface area contributed by atoms with Gasteiger partial charge in [0.25, 0.3) is 0 Å². The fourth-order valence-corrected chi connectivity index (χ4v) is 0.531. The minimum absolute atomic E-state index is 0.425. The Labute approximate surface area is 74.6 Å². The lowest BCUT2D eigenvalue weighted by atomic mass is 10.1. The van der Waals surface area contributed by atoms with Crippen LogP contribution in [0.2, 0.25) is 0 Å². The highest BCUT2D eigenvalue weighted by Crippen LogP contribution is 2.02. The monoisotopic (exact) mass is 168 g/mol. The van der Waals surface area contributed by atoms with Crippen LogP contribution >= 0.6 is 0 Å². The predicted octanol–water partition coefficient (Wildman–Crippen LogP) is 2.01. The number of rotatable bonds is 4. The fourth-order valence-electron chi connectivity index (χ4n) is 0.531. The minimum atomic E-state index is 0.425. The molecule has 0 aromatic carbocycles. The minimum Gasteiger partial charge on any atom is -0.494 e. The van der Waals surface area contributed by atoms with Gasteiger partial charge in [0.2, 0.25) is 0 Å². The first-order valence-corrected chi connectivity index (χ1v) is 3.73. The van der Waals surface area contributed by atoms with Crippen molar-refractivity contribution in [2.45, 2.75) is 20.3 Å². The molecule has 0 amide bonds. The average Bonchev–Trinajstić information content (AvgIpc) is 2.09. The first kappa shape index (κ1) is 13.4. The van der Waals surface area contributed by atoms with Crippen molar-refractivity contribution in [1.82, 2.24) is 0 Å². The highest BCUT2D eigenvalue weighted by Gasteiger charge is 1.93. The van der Waals surface area contributed by atoms with Crippen molar-refractivity contribution in [2.75, 3.05) is 7.11 Å². The summed E-state index contributed by atoms with van der Waals surface area (Å²) in [6.07, 6.45) is 11.4. The maximum atomic E-state index is 10.2. The molecule has 0 bridgehead atoms. The smallest absolute Gasteiger partial charge is 0.184 e. The molecule has 0 fully saturated rings. The third kappa shape index (κ3) is 8.77. The SMILES string of the molecule is C#C.CO/C(C=O)=C\CC(C)C. The quantitative estimate of drug-likeness (QED) is 0.278. The normalized spacial score (nSPS) is 10.0. The van der Waals surface area contributed by atoms with E-state index in [9.17, 15) is 4.79 Å². The van der Waals surface area contributed by atoms with Crippen LogP contribution in [0.1, 0.15) is 20.3 Å². The molecule has 0 rings (SSSR count). The summed E-state index contributed by atoms with van der Waals surface area (Å²) in [6, 6.07) is 0. The molecule has 0 aliphatic rings. The highest BCUT2D eigenvalue weighted by molar-refractivity contribution is 5.69. The second-order valence-electron chi connectivity index (χ2n) is 2.56. The molecule has 0 aliphatic carbocycles. The van der Waals surface area contributed by atoms with E-state index in [4.69, 9.17) is 4.74 Å². The molecule has 0 N–H and O–H groups in total. The van der Waals surface area contributed by atoms with E-state index >= 15 is 0 Å². The number of carbonyl (C=O) groups excluding carboxylic acids is 1. The van der Waals surface area contributed by atoms with Crippen molar-refractivity contribution in [1.29, 1.82) is 0 Å². The summed E-state index contributed by atoms with van der Waals surface area (Å²) in [6.45, 7) is 4.18. The number of hydrogen-bond donors (Lipinski definition) is 0. The Bertz CT molecular complexity index is 154. The summed E-state index contributed by atoms with van der Waals surface area (Å²) in [5.74, 6) is 0.999. The van der Waals surface area contributed by atoms with E-state index in [0.717, 1.165) is 12.7 Å². The first-order valence-electron chi connectivity index (χ1n) is 3.73. The van der Waals surface area contributed by atoms with Gasteiger partial charge in [-0.2, -0.15) is 0 Å². The standard InChI is InChI=1S/C8H14O2.C2H2/c1-7(2)4-5-8(6-9)10-3;1-2/h5-7H,4H2,1-3H3;1-2H/b8-5-;. The zero-order chi connectivity index (χ0) is 9.98. The van der Waals surface area contributed by atoms with Crippen molar-refractivity contribution in [2.24, 2.45) is 5.92 Å². The second-order valence-corrected chi connectivity index (χ2v) is 2.56. The number of aldehydes is 1. The van der Waals surface area contributed by atoms with E-state index in [1.807, 2.05) is 0 Å². The molecule has 12 heavy (non-hydrogen) atoms. The fraction of sp³-hybridized carbons (Fsp3) is 0.500. The molecular formula is C10H16O2. The molecule has 0 spiro atoms. The van der Waals surface area contributed by atoms with Crippen LogP contribution < -0.4 is 0 Å². The van der Waals surface area contributed by atoms with Crippen LogP contribution in [0.5, 0.6) is 0 Å². The van der Waals surface area contributed by atoms with Crippen LogP contribution in [0, 0.1) is 18.8 Å². The Morgan fingerprint density at radius 1 is 1.50 bits per heavy atom. The highest BCUT2D eigenvalue weighted by atomic mass is 16.5. The zero-order valence-corrected chi connectivity index (χ0v) is 7.91. The second kappa shape index (κ2) is 9.77. The van der Waals surface area contributed by atoms with Gasteiger partial charge in [-0.3, -0.25) is 4.79 Å². The van der Waals surface area contributed by atoms with Crippen LogP contribution in [0.3, 0.4) is 0 Å². The lowest BCUT2D eigenvalue weighted by Gasteiger charge is -1.99. The molecular weight excluding hydrogens is 152 g/mol. The van der Waals surface area contributed by atoms with Crippen molar-refractivity contribution in [3.63, 3.8) is 0 Å². The average molecular weight is 168 g/mol. The van der Waals surface area contributed by atoms with Gasteiger partial charge in [0.15, 0.2) is 12.0 Å². The van der Waals surface area contributed by atoms with E-state index in [1.165, 1.54) is 7.11 Å². The summed E-state index contributed by atoms with van der Waals surface area (Å²) in [5, 5.41) is 0. The molecule has 0 aliphatic heterocycles. The lowest BCUT2D eigenvalue weighted by Crippen LogP contribution is -1.90. The van der Waals surface area contributed by atoms with Crippen molar-refractivity contribution in [3.8, 4) is 12.8 Å². The van der Waals surface area contributed by atoms with Gasteiger partial charge in [0.05, 0.1) is 7.11 Å². The number of terminal acetylenes is 1. The summed E-state index contributed by atoms with van der Waals surface area (Å²) >= 11 is 0. The van der Waals surface area contributed by atoms with Crippen LogP contribution in [0.25, 0.3) is 0 Å². The summed E-state index contributed by atoms with van der Waals surface area (Å²) in [4.78, 5) is 10.2. The summed E-state index contributed by atoms with van der Waals surface area (Å²) < 4.78 is 4.74. The van der Waals surface area contributed by atoms with Crippen molar-refractivity contribution >= 4 is 6.29 Å². The van der Waals surface area contributed by atoms with Crippen LogP contribution in [0.15, 0.2) is 11.8 Å². The van der Waals surface area contributed by atoms with Gasteiger partial charge in [-0.05, 0) is 18.4 Å². The zero-order valence-electron chi connectivity index (χ0n) is 7.91. The van der Waals surface area contributed by atoms with E-state index in [0.29, 0.717) is 11.7 Å². The van der Waals surface area contributed by atoms with E-state index in [1.54, 1.807) is 6.08 Å². The third-order valence-electron chi connectivity index (χ3n) is 1.14. The third-order valence-corrected chi connectivity index (χ3v) is 1.14. The molecule has 0 unspecified atom stereocenters. The molecule has 0 heterocycles. The van der Waals surface area contributed by atoms with Gasteiger partial charge < -0.3 is 4.74 Å². The van der Waals surface area contributed by atoms with Gasteiger partial charge in [-0.25, -0.2) is 0 Å². The molecule has 68 valence electrons. The van der Waals surface area contributed by atoms with Gasteiger partial charge >= 0.3 is 0 Å². The Balaban J connectivity index is 0. The number of ether oxygens (including phenoxy) is 1. The van der Waals surface area contributed by atoms with Crippen LogP contribution in [0.4, 0.5) is 0 Å². The molecule has 2 nitrogen and oxygen atoms in total. The van der Waals surface area contributed by atoms with Crippen LogP contribution in [-0.2, 0) is 9.53 Å². The molecule has 0 saturated heterocycles. The largest absolute Gasteiger partial charge is 0.494 e. The molecule has 0 radical (unpaired) electrons. The lowest BCUT2D eigenvalue weighted by molar-refractivity contribution is -0.107. The Morgan fingerprint density at radius 3 is 2.25 bits per heavy atom. The Hall–Kier alpha value is -1.23. The molecule has 0 aromatic rings.